The van der Waals surface area contributed by atoms with Crippen LogP contribution in [0.1, 0.15) is 56.4 Å². The molecule has 3 nitrogen and oxygen atoms in total. The molecule has 20 heavy (non-hydrogen) atoms. The zero-order valence-electron chi connectivity index (χ0n) is 12.1. The summed E-state index contributed by atoms with van der Waals surface area (Å²) in [6.45, 7) is 2.12. The smallest absolute Gasteiger partial charge is 0.315 e. The van der Waals surface area contributed by atoms with Gasteiger partial charge in [0.1, 0.15) is 0 Å². The van der Waals surface area contributed by atoms with Crippen molar-refractivity contribution < 1.29 is 4.79 Å². The highest BCUT2D eigenvalue weighted by atomic mass is 32.1. The fraction of sp³-hybridized carbons (Fsp3) is 0.688. The van der Waals surface area contributed by atoms with Gasteiger partial charge in [-0.05, 0) is 55.9 Å². The molecule has 2 aliphatic carbocycles. The first-order chi connectivity index (χ1) is 9.74. The van der Waals surface area contributed by atoms with E-state index < -0.39 is 0 Å². The van der Waals surface area contributed by atoms with Gasteiger partial charge in [0.15, 0.2) is 0 Å². The maximum absolute atomic E-state index is 12.2. The molecule has 0 bridgehead atoms. The first-order valence-electron chi connectivity index (χ1n) is 7.84. The number of carbonyl (C=O) groups is 1. The molecule has 0 spiro atoms. The molecule has 4 heteroatoms. The van der Waals surface area contributed by atoms with E-state index >= 15 is 0 Å². The standard InChI is InChI=1S/C16H24N2OS/c1-11(12-8-9-12)17-16(19)18-15(13-5-2-3-6-13)14-7-4-10-20-14/h4,7,10-13,15H,2-3,5-6,8-9H2,1H3,(H2,17,18,19). The third kappa shape index (κ3) is 3.35. The van der Waals surface area contributed by atoms with Crippen LogP contribution in [0.3, 0.4) is 0 Å². The summed E-state index contributed by atoms with van der Waals surface area (Å²) in [6, 6.07) is 4.74. The molecule has 3 rings (SSSR count). The average molecular weight is 292 g/mol. The maximum atomic E-state index is 12.2. The predicted molar refractivity (Wildman–Crippen MR) is 82.9 cm³/mol. The second-order valence-electron chi connectivity index (χ2n) is 6.28. The van der Waals surface area contributed by atoms with Crippen molar-refractivity contribution in [2.24, 2.45) is 11.8 Å². The maximum Gasteiger partial charge on any atom is 0.315 e. The highest BCUT2D eigenvalue weighted by molar-refractivity contribution is 7.10. The third-order valence-electron chi connectivity index (χ3n) is 4.70. The van der Waals surface area contributed by atoms with E-state index in [1.165, 1.54) is 43.4 Å². The Bertz CT molecular complexity index is 435. The normalized spacial score (nSPS) is 22.4. The minimum Gasteiger partial charge on any atom is -0.335 e. The first kappa shape index (κ1) is 13.9. The zero-order valence-corrected chi connectivity index (χ0v) is 12.9. The van der Waals surface area contributed by atoms with Crippen molar-refractivity contribution in [3.05, 3.63) is 22.4 Å². The molecule has 1 heterocycles. The summed E-state index contributed by atoms with van der Waals surface area (Å²) < 4.78 is 0. The lowest BCUT2D eigenvalue weighted by molar-refractivity contribution is 0.227. The van der Waals surface area contributed by atoms with Gasteiger partial charge in [0.2, 0.25) is 0 Å². The van der Waals surface area contributed by atoms with E-state index in [4.69, 9.17) is 0 Å². The Labute approximate surface area is 125 Å². The molecule has 0 radical (unpaired) electrons. The van der Waals surface area contributed by atoms with E-state index in [-0.39, 0.29) is 12.1 Å². The number of nitrogens with one attached hydrogen (secondary N) is 2. The lowest BCUT2D eigenvalue weighted by atomic mass is 9.97. The molecule has 0 aliphatic heterocycles. The van der Waals surface area contributed by atoms with Crippen molar-refractivity contribution >= 4 is 17.4 Å². The molecular formula is C16H24N2OS. The minimum atomic E-state index is 0.00898. The van der Waals surface area contributed by atoms with E-state index in [0.717, 1.165) is 0 Å². The summed E-state index contributed by atoms with van der Waals surface area (Å²) in [7, 11) is 0. The van der Waals surface area contributed by atoms with Gasteiger partial charge < -0.3 is 10.6 Å². The van der Waals surface area contributed by atoms with Gasteiger partial charge in [-0.25, -0.2) is 4.79 Å². The summed E-state index contributed by atoms with van der Waals surface area (Å²) >= 11 is 1.75. The summed E-state index contributed by atoms with van der Waals surface area (Å²) in [4.78, 5) is 13.5. The van der Waals surface area contributed by atoms with Crippen LogP contribution in [0.5, 0.6) is 0 Å². The zero-order chi connectivity index (χ0) is 13.9. The highest BCUT2D eigenvalue weighted by Crippen LogP contribution is 2.37. The van der Waals surface area contributed by atoms with Crippen LogP contribution in [0.15, 0.2) is 17.5 Å². The second kappa shape index (κ2) is 6.17. The molecule has 1 aromatic rings. The Morgan fingerprint density at radius 1 is 1.20 bits per heavy atom. The summed E-state index contributed by atoms with van der Waals surface area (Å²) in [6.07, 6.45) is 7.60. The fourth-order valence-electron chi connectivity index (χ4n) is 3.28. The van der Waals surface area contributed by atoms with Gasteiger partial charge in [-0.3, -0.25) is 0 Å². The second-order valence-corrected chi connectivity index (χ2v) is 7.26. The van der Waals surface area contributed by atoms with Crippen LogP contribution >= 0.6 is 11.3 Å². The van der Waals surface area contributed by atoms with Crippen LogP contribution < -0.4 is 10.6 Å². The number of thiophene rings is 1. The van der Waals surface area contributed by atoms with Crippen LogP contribution in [0, 0.1) is 11.8 Å². The SMILES string of the molecule is CC(NC(=O)NC(c1cccs1)C1CCCC1)C1CC1. The van der Waals surface area contributed by atoms with Crippen molar-refractivity contribution in [2.45, 2.75) is 57.5 Å². The summed E-state index contributed by atoms with van der Waals surface area (Å²) in [5, 5.41) is 8.45. The van der Waals surface area contributed by atoms with Crippen molar-refractivity contribution in [2.75, 3.05) is 0 Å². The quantitative estimate of drug-likeness (QED) is 0.843. The lowest BCUT2D eigenvalue weighted by Gasteiger charge is -2.25. The third-order valence-corrected chi connectivity index (χ3v) is 5.65. The molecule has 2 N–H and O–H groups in total. The number of hydrogen-bond donors (Lipinski definition) is 2. The molecule has 0 saturated heterocycles. The summed E-state index contributed by atoms with van der Waals surface area (Å²) in [5.41, 5.74) is 0. The molecule has 2 saturated carbocycles. The molecule has 0 aromatic carbocycles. The summed E-state index contributed by atoms with van der Waals surface area (Å²) in [5.74, 6) is 1.31. The van der Waals surface area contributed by atoms with Crippen molar-refractivity contribution in [3.8, 4) is 0 Å². The number of carbonyl (C=O) groups excluding carboxylic acids is 1. The molecule has 1 aromatic heterocycles. The molecule has 2 amide bonds. The van der Waals surface area contributed by atoms with Gasteiger partial charge in [-0.15, -0.1) is 11.3 Å². The van der Waals surface area contributed by atoms with Gasteiger partial charge in [0, 0.05) is 10.9 Å². The Morgan fingerprint density at radius 2 is 1.95 bits per heavy atom. The number of hydrogen-bond acceptors (Lipinski definition) is 2. The van der Waals surface area contributed by atoms with Crippen molar-refractivity contribution in [1.29, 1.82) is 0 Å². The monoisotopic (exact) mass is 292 g/mol. The lowest BCUT2D eigenvalue weighted by Crippen LogP contribution is -2.44. The van der Waals surface area contributed by atoms with Crippen LogP contribution in [-0.2, 0) is 0 Å². The van der Waals surface area contributed by atoms with E-state index in [9.17, 15) is 4.79 Å². The first-order valence-corrected chi connectivity index (χ1v) is 8.72. The van der Waals surface area contributed by atoms with E-state index in [2.05, 4.69) is 35.1 Å². The van der Waals surface area contributed by atoms with Gasteiger partial charge in [-0.2, -0.15) is 0 Å². The molecule has 110 valence electrons. The van der Waals surface area contributed by atoms with E-state index in [1.807, 2.05) is 0 Å². The van der Waals surface area contributed by atoms with Crippen LogP contribution in [0.25, 0.3) is 0 Å². The molecule has 2 atom stereocenters. The average Bonchev–Trinajstić information content (AvgIpc) is 2.93. The van der Waals surface area contributed by atoms with Crippen LogP contribution in [0.4, 0.5) is 4.79 Å². The van der Waals surface area contributed by atoms with Crippen LogP contribution in [-0.4, -0.2) is 12.1 Å². The van der Waals surface area contributed by atoms with E-state index in [1.54, 1.807) is 11.3 Å². The van der Waals surface area contributed by atoms with Gasteiger partial charge >= 0.3 is 6.03 Å². The minimum absolute atomic E-state index is 0.00898. The van der Waals surface area contributed by atoms with Crippen molar-refractivity contribution in [1.82, 2.24) is 10.6 Å². The molecule has 2 unspecified atom stereocenters. The Morgan fingerprint density at radius 3 is 2.55 bits per heavy atom. The largest absolute Gasteiger partial charge is 0.335 e. The number of rotatable bonds is 5. The Kier molecular flexibility index (Phi) is 4.29. The Hall–Kier alpha value is -1.03. The van der Waals surface area contributed by atoms with Gasteiger partial charge in [0.05, 0.1) is 6.04 Å². The fourth-order valence-corrected chi connectivity index (χ4v) is 4.15. The number of amides is 2. The van der Waals surface area contributed by atoms with Gasteiger partial charge in [0.25, 0.3) is 0 Å². The predicted octanol–water partition coefficient (Wildman–Crippen LogP) is 4.08. The molecular weight excluding hydrogens is 268 g/mol. The van der Waals surface area contributed by atoms with E-state index in [0.29, 0.717) is 17.9 Å². The number of urea groups is 1. The van der Waals surface area contributed by atoms with Crippen molar-refractivity contribution in [3.63, 3.8) is 0 Å². The van der Waals surface area contributed by atoms with Gasteiger partial charge in [-0.1, -0.05) is 18.9 Å². The highest BCUT2D eigenvalue weighted by Gasteiger charge is 2.31. The Balaban J connectivity index is 1.61. The molecule has 2 aliphatic rings. The van der Waals surface area contributed by atoms with Crippen LogP contribution in [0.2, 0.25) is 0 Å². The molecule has 2 fully saturated rings. The topological polar surface area (TPSA) is 41.1 Å².